The molecule has 0 aliphatic rings. The van der Waals surface area contributed by atoms with Crippen molar-refractivity contribution in [3.8, 4) is 22.8 Å². The molecular formula is C21H12Cl2NO3-. The zero-order valence-corrected chi connectivity index (χ0v) is 15.6. The van der Waals surface area contributed by atoms with E-state index in [1.807, 2.05) is 13.0 Å². The molecule has 0 bridgehead atoms. The average molecular weight is 397 g/mol. The van der Waals surface area contributed by atoms with Crippen LogP contribution in [0.15, 0.2) is 59.0 Å². The van der Waals surface area contributed by atoms with Crippen LogP contribution in [0, 0.1) is 6.92 Å². The molecule has 2 aromatic carbocycles. The van der Waals surface area contributed by atoms with Crippen molar-refractivity contribution >= 4 is 40.1 Å². The topological polar surface area (TPSA) is 66.2 Å². The first-order chi connectivity index (χ1) is 12.9. The molecule has 0 radical (unpaired) electrons. The molecule has 0 fully saturated rings. The summed E-state index contributed by atoms with van der Waals surface area (Å²) in [6, 6.07) is 15.5. The van der Waals surface area contributed by atoms with Gasteiger partial charge in [0.1, 0.15) is 11.5 Å². The van der Waals surface area contributed by atoms with E-state index in [1.165, 1.54) is 6.07 Å². The third-order valence-electron chi connectivity index (χ3n) is 4.24. The van der Waals surface area contributed by atoms with Gasteiger partial charge in [-0.15, -0.1) is 0 Å². The molecule has 0 spiro atoms. The average Bonchev–Trinajstić information content (AvgIpc) is 3.10. The second-order valence-corrected chi connectivity index (χ2v) is 6.99. The van der Waals surface area contributed by atoms with Gasteiger partial charge in [0, 0.05) is 21.5 Å². The summed E-state index contributed by atoms with van der Waals surface area (Å²) in [4.78, 5) is 16.1. The summed E-state index contributed by atoms with van der Waals surface area (Å²) in [5.74, 6) is -0.296. The van der Waals surface area contributed by atoms with Crippen LogP contribution in [0.3, 0.4) is 0 Å². The normalized spacial score (nSPS) is 11.1. The monoisotopic (exact) mass is 396 g/mol. The molecule has 0 saturated carbocycles. The fourth-order valence-corrected chi connectivity index (χ4v) is 3.45. The Hall–Kier alpha value is -2.82. The Morgan fingerprint density at radius 3 is 2.52 bits per heavy atom. The Balaban J connectivity index is 1.85. The van der Waals surface area contributed by atoms with Crippen LogP contribution in [0.5, 0.6) is 0 Å². The minimum absolute atomic E-state index is 0.0705. The van der Waals surface area contributed by atoms with Gasteiger partial charge in [-0.3, -0.25) is 0 Å². The smallest absolute Gasteiger partial charge is 0.153 e. The molecule has 0 amide bonds. The van der Waals surface area contributed by atoms with Gasteiger partial charge < -0.3 is 14.3 Å². The van der Waals surface area contributed by atoms with Gasteiger partial charge in [0.2, 0.25) is 0 Å². The van der Waals surface area contributed by atoms with Gasteiger partial charge in [-0.1, -0.05) is 34.8 Å². The van der Waals surface area contributed by atoms with Crippen molar-refractivity contribution in [3.05, 3.63) is 75.8 Å². The van der Waals surface area contributed by atoms with Gasteiger partial charge >= 0.3 is 0 Å². The molecule has 0 aliphatic heterocycles. The van der Waals surface area contributed by atoms with Crippen molar-refractivity contribution in [1.82, 2.24) is 4.98 Å². The number of carbonyl (C=O) groups is 1. The number of carbonyl (C=O) groups excluding carboxylic acids is 1. The molecule has 134 valence electrons. The molecule has 0 atom stereocenters. The Kier molecular flexibility index (Phi) is 4.38. The molecule has 0 unspecified atom stereocenters. The van der Waals surface area contributed by atoms with E-state index >= 15 is 0 Å². The Bertz CT molecular complexity index is 1200. The van der Waals surface area contributed by atoms with E-state index in [-0.39, 0.29) is 5.56 Å². The largest absolute Gasteiger partial charge is 0.545 e. The maximum Gasteiger partial charge on any atom is 0.153 e. The fourth-order valence-electron chi connectivity index (χ4n) is 2.94. The Morgan fingerprint density at radius 2 is 1.78 bits per heavy atom. The molecule has 0 saturated heterocycles. The van der Waals surface area contributed by atoms with Gasteiger partial charge in [0.25, 0.3) is 0 Å². The lowest BCUT2D eigenvalue weighted by atomic mass is 10.0. The zero-order valence-electron chi connectivity index (χ0n) is 14.1. The van der Waals surface area contributed by atoms with Crippen LogP contribution in [-0.2, 0) is 0 Å². The van der Waals surface area contributed by atoms with E-state index < -0.39 is 5.97 Å². The number of hydrogen-bond acceptors (Lipinski definition) is 4. The summed E-state index contributed by atoms with van der Waals surface area (Å²) in [7, 11) is 0. The number of aromatic carboxylic acids is 1. The van der Waals surface area contributed by atoms with Crippen LogP contribution in [0.2, 0.25) is 10.0 Å². The number of hydrogen-bond donors (Lipinski definition) is 0. The van der Waals surface area contributed by atoms with Crippen LogP contribution >= 0.6 is 23.2 Å². The van der Waals surface area contributed by atoms with Crippen LogP contribution in [-0.4, -0.2) is 11.0 Å². The standard InChI is InChI=1S/C21H13Cl2NO3/c1-11-2-5-17-14(8-11)15(21(25)26)10-18(24-17)20-7-6-19(27-20)13-4-3-12(22)9-16(13)23/h2-10H,1H3,(H,25,26)/p-1. The molecular weight excluding hydrogens is 385 g/mol. The van der Waals surface area contributed by atoms with Gasteiger partial charge in [0.15, 0.2) is 5.76 Å². The second kappa shape index (κ2) is 6.72. The third kappa shape index (κ3) is 3.29. The number of benzene rings is 2. The number of fused-ring (bicyclic) bond motifs is 1. The molecule has 0 aliphatic carbocycles. The number of aromatic nitrogens is 1. The maximum atomic E-state index is 11.6. The number of rotatable bonds is 3. The van der Waals surface area contributed by atoms with Crippen molar-refractivity contribution in [1.29, 1.82) is 0 Å². The molecule has 2 heterocycles. The number of halogens is 2. The molecule has 4 rings (SSSR count). The Morgan fingerprint density at radius 1 is 1.00 bits per heavy atom. The first-order valence-electron chi connectivity index (χ1n) is 8.11. The number of aryl methyl sites for hydroxylation is 1. The van der Waals surface area contributed by atoms with Crippen LogP contribution in [0.25, 0.3) is 33.7 Å². The summed E-state index contributed by atoms with van der Waals surface area (Å²) in [6.07, 6.45) is 0. The highest BCUT2D eigenvalue weighted by atomic mass is 35.5. The number of carboxylic acid groups (broad SMARTS) is 1. The lowest BCUT2D eigenvalue weighted by Gasteiger charge is -2.10. The van der Waals surface area contributed by atoms with Crippen LogP contribution in [0.1, 0.15) is 15.9 Å². The fraction of sp³-hybridized carbons (Fsp3) is 0.0476. The minimum Gasteiger partial charge on any atom is -0.545 e. The first kappa shape index (κ1) is 17.6. The highest BCUT2D eigenvalue weighted by Gasteiger charge is 2.14. The lowest BCUT2D eigenvalue weighted by molar-refractivity contribution is -0.254. The predicted molar refractivity (Wildman–Crippen MR) is 104 cm³/mol. The zero-order chi connectivity index (χ0) is 19.1. The van der Waals surface area contributed by atoms with Crippen molar-refractivity contribution in [3.63, 3.8) is 0 Å². The number of pyridine rings is 1. The van der Waals surface area contributed by atoms with Crippen LogP contribution < -0.4 is 5.11 Å². The van der Waals surface area contributed by atoms with Crippen molar-refractivity contribution < 1.29 is 14.3 Å². The van der Waals surface area contributed by atoms with Gasteiger partial charge in [-0.25, -0.2) is 4.98 Å². The van der Waals surface area contributed by atoms with E-state index in [1.54, 1.807) is 42.5 Å². The molecule has 4 aromatic rings. The molecule has 4 nitrogen and oxygen atoms in total. The van der Waals surface area contributed by atoms with E-state index in [0.717, 1.165) is 5.56 Å². The van der Waals surface area contributed by atoms with Gasteiger partial charge in [-0.2, -0.15) is 0 Å². The summed E-state index contributed by atoms with van der Waals surface area (Å²) in [5, 5.41) is 13.1. The van der Waals surface area contributed by atoms with Gasteiger partial charge in [-0.05, 0) is 55.5 Å². The molecule has 2 aromatic heterocycles. The molecule has 6 heteroatoms. The quantitative estimate of drug-likeness (QED) is 0.480. The van der Waals surface area contributed by atoms with Gasteiger partial charge in [0.05, 0.1) is 16.5 Å². The SMILES string of the molecule is Cc1ccc2nc(-c3ccc(-c4ccc(Cl)cc4Cl)o3)cc(C(=O)[O-])c2c1. The van der Waals surface area contributed by atoms with E-state index in [9.17, 15) is 9.90 Å². The van der Waals surface area contributed by atoms with Crippen molar-refractivity contribution in [2.24, 2.45) is 0 Å². The molecule has 27 heavy (non-hydrogen) atoms. The lowest BCUT2D eigenvalue weighted by Crippen LogP contribution is -2.22. The van der Waals surface area contributed by atoms with E-state index in [4.69, 9.17) is 27.6 Å². The van der Waals surface area contributed by atoms with Crippen molar-refractivity contribution in [2.45, 2.75) is 6.92 Å². The first-order valence-corrected chi connectivity index (χ1v) is 8.86. The number of nitrogens with zero attached hydrogens (tertiary/aromatic N) is 1. The summed E-state index contributed by atoms with van der Waals surface area (Å²) in [6.45, 7) is 1.89. The molecule has 0 N–H and O–H groups in total. The summed E-state index contributed by atoms with van der Waals surface area (Å²) < 4.78 is 5.88. The summed E-state index contributed by atoms with van der Waals surface area (Å²) in [5.41, 5.74) is 2.66. The van der Waals surface area contributed by atoms with E-state index in [0.29, 0.717) is 43.7 Å². The van der Waals surface area contributed by atoms with Crippen molar-refractivity contribution in [2.75, 3.05) is 0 Å². The van der Waals surface area contributed by atoms with Crippen LogP contribution in [0.4, 0.5) is 0 Å². The number of carboxylic acids is 1. The second-order valence-electron chi connectivity index (χ2n) is 6.15. The third-order valence-corrected chi connectivity index (χ3v) is 4.79. The number of furan rings is 1. The summed E-state index contributed by atoms with van der Waals surface area (Å²) >= 11 is 12.2. The predicted octanol–water partition coefficient (Wildman–Crippen LogP) is 5.14. The maximum absolute atomic E-state index is 11.6. The highest BCUT2D eigenvalue weighted by Crippen LogP contribution is 2.34. The Labute approximate surface area is 165 Å². The van der Waals surface area contributed by atoms with E-state index in [2.05, 4.69) is 4.98 Å². The minimum atomic E-state index is -1.26. The highest BCUT2D eigenvalue weighted by molar-refractivity contribution is 6.36.